The van der Waals surface area contributed by atoms with Crippen molar-refractivity contribution in [3.05, 3.63) is 70.4 Å². The highest BCUT2D eigenvalue weighted by Crippen LogP contribution is 2.26. The lowest BCUT2D eigenvalue weighted by Crippen LogP contribution is -2.39. The molecule has 3 N–H and O–H groups in total. The van der Waals surface area contributed by atoms with Crippen LogP contribution in [0.15, 0.2) is 48.5 Å². The Labute approximate surface area is 151 Å². The number of benzene rings is 2. The van der Waals surface area contributed by atoms with Gasteiger partial charge in [-0.3, -0.25) is 4.79 Å². The molecule has 0 aliphatic heterocycles. The summed E-state index contributed by atoms with van der Waals surface area (Å²) in [6.07, 6.45) is 1.29. The molecule has 0 fully saturated rings. The maximum absolute atomic E-state index is 12.8. The van der Waals surface area contributed by atoms with E-state index in [0.29, 0.717) is 23.6 Å². The van der Waals surface area contributed by atoms with Gasteiger partial charge in [-0.15, -0.1) is 0 Å². The second kappa shape index (κ2) is 7.72. The van der Waals surface area contributed by atoms with Gasteiger partial charge >= 0.3 is 0 Å². The van der Waals surface area contributed by atoms with Crippen molar-refractivity contribution in [1.82, 2.24) is 10.3 Å². The van der Waals surface area contributed by atoms with Gasteiger partial charge in [0, 0.05) is 15.9 Å². The van der Waals surface area contributed by atoms with Crippen LogP contribution in [-0.4, -0.2) is 28.6 Å². The van der Waals surface area contributed by atoms with Crippen molar-refractivity contribution in [1.29, 1.82) is 0 Å². The van der Waals surface area contributed by atoms with Crippen LogP contribution in [0, 0.1) is 0 Å². The highest BCUT2D eigenvalue weighted by Gasteiger charge is 2.19. The van der Waals surface area contributed by atoms with Crippen LogP contribution in [0.5, 0.6) is 0 Å². The van der Waals surface area contributed by atoms with Crippen molar-refractivity contribution < 1.29 is 9.90 Å². The Morgan fingerprint density at radius 2 is 2.00 bits per heavy atom. The number of aliphatic hydroxyl groups excluding tert-OH is 1. The van der Waals surface area contributed by atoms with Gasteiger partial charge in [0.1, 0.15) is 5.69 Å². The third-order valence-corrected chi connectivity index (χ3v) is 4.56. The van der Waals surface area contributed by atoms with E-state index in [-0.39, 0.29) is 18.6 Å². The highest BCUT2D eigenvalue weighted by atomic mass is 35.5. The molecular weight excluding hydrogens is 336 g/mol. The zero-order valence-corrected chi connectivity index (χ0v) is 14.8. The van der Waals surface area contributed by atoms with Gasteiger partial charge in [0.25, 0.3) is 5.91 Å². The monoisotopic (exact) mass is 356 g/mol. The molecule has 130 valence electrons. The van der Waals surface area contributed by atoms with Crippen LogP contribution in [-0.2, 0) is 12.8 Å². The molecular formula is C20H21ClN2O2. The predicted octanol–water partition coefficient (Wildman–Crippen LogP) is 3.72. The Balaban J connectivity index is 1.83. The number of carbonyl (C=O) groups is 1. The molecule has 0 spiro atoms. The maximum atomic E-state index is 12.8. The molecule has 0 bridgehead atoms. The normalized spacial score (nSPS) is 12.3. The lowest BCUT2D eigenvalue weighted by Gasteiger charge is -2.16. The van der Waals surface area contributed by atoms with Crippen molar-refractivity contribution in [3.63, 3.8) is 0 Å². The Morgan fingerprint density at radius 1 is 1.24 bits per heavy atom. The summed E-state index contributed by atoms with van der Waals surface area (Å²) in [5.74, 6) is -0.209. The van der Waals surface area contributed by atoms with E-state index in [0.717, 1.165) is 22.0 Å². The maximum Gasteiger partial charge on any atom is 0.268 e. The summed E-state index contributed by atoms with van der Waals surface area (Å²) in [6, 6.07) is 15.0. The first-order valence-electron chi connectivity index (χ1n) is 8.38. The fourth-order valence-electron chi connectivity index (χ4n) is 3.10. The molecule has 0 saturated heterocycles. The minimum Gasteiger partial charge on any atom is -0.394 e. The van der Waals surface area contributed by atoms with E-state index in [1.54, 1.807) is 6.07 Å². The van der Waals surface area contributed by atoms with E-state index < -0.39 is 0 Å². The number of carbonyl (C=O) groups excluding carboxylic acids is 1. The van der Waals surface area contributed by atoms with Gasteiger partial charge in [-0.1, -0.05) is 48.9 Å². The fraction of sp³-hybridized carbons (Fsp3) is 0.250. The van der Waals surface area contributed by atoms with Crippen LogP contribution in [0.25, 0.3) is 10.9 Å². The zero-order chi connectivity index (χ0) is 17.8. The topological polar surface area (TPSA) is 65.1 Å². The zero-order valence-electron chi connectivity index (χ0n) is 14.1. The van der Waals surface area contributed by atoms with Crippen molar-refractivity contribution >= 4 is 28.4 Å². The Morgan fingerprint density at radius 3 is 2.68 bits per heavy atom. The molecule has 25 heavy (non-hydrogen) atoms. The summed E-state index contributed by atoms with van der Waals surface area (Å²) in [7, 11) is 0. The minimum atomic E-state index is -0.338. The molecule has 0 unspecified atom stereocenters. The average Bonchev–Trinajstić information content (AvgIpc) is 2.99. The van der Waals surface area contributed by atoms with E-state index in [2.05, 4.69) is 10.3 Å². The van der Waals surface area contributed by atoms with Crippen LogP contribution in [0.2, 0.25) is 5.02 Å². The standard InChI is InChI=1S/C20H21ClN2O2/c1-2-16-17-11-14(21)8-9-18(17)23-19(16)20(25)22-15(12-24)10-13-6-4-3-5-7-13/h3-9,11,15,23-24H,2,10,12H2,1H3,(H,22,25)/t15-/m1/s1. The smallest absolute Gasteiger partial charge is 0.268 e. The van der Waals surface area contributed by atoms with Crippen LogP contribution < -0.4 is 5.32 Å². The summed E-state index contributed by atoms with van der Waals surface area (Å²) in [4.78, 5) is 15.9. The minimum absolute atomic E-state index is 0.117. The van der Waals surface area contributed by atoms with Gasteiger partial charge in [-0.25, -0.2) is 0 Å². The molecule has 3 rings (SSSR count). The number of nitrogens with one attached hydrogen (secondary N) is 2. The van der Waals surface area contributed by atoms with Gasteiger partial charge in [0.2, 0.25) is 0 Å². The van der Waals surface area contributed by atoms with Crippen LogP contribution in [0.3, 0.4) is 0 Å². The lowest BCUT2D eigenvalue weighted by atomic mass is 10.1. The third-order valence-electron chi connectivity index (χ3n) is 4.33. The van der Waals surface area contributed by atoms with E-state index in [1.807, 2.05) is 49.4 Å². The second-order valence-electron chi connectivity index (χ2n) is 6.06. The van der Waals surface area contributed by atoms with Crippen LogP contribution in [0.4, 0.5) is 0 Å². The molecule has 0 aliphatic rings. The molecule has 2 aromatic carbocycles. The van der Waals surface area contributed by atoms with Crippen LogP contribution >= 0.6 is 11.6 Å². The molecule has 1 atom stereocenters. The first kappa shape index (κ1) is 17.5. The molecule has 0 aliphatic carbocycles. The van der Waals surface area contributed by atoms with Gasteiger partial charge in [-0.2, -0.15) is 0 Å². The second-order valence-corrected chi connectivity index (χ2v) is 6.50. The number of aromatic amines is 1. The molecule has 5 heteroatoms. The predicted molar refractivity (Wildman–Crippen MR) is 101 cm³/mol. The summed E-state index contributed by atoms with van der Waals surface area (Å²) < 4.78 is 0. The molecule has 3 aromatic rings. The average molecular weight is 357 g/mol. The van der Waals surface area contributed by atoms with E-state index in [4.69, 9.17) is 11.6 Å². The molecule has 1 amide bonds. The van der Waals surface area contributed by atoms with Crippen molar-refractivity contribution in [2.45, 2.75) is 25.8 Å². The van der Waals surface area contributed by atoms with Gasteiger partial charge in [0.05, 0.1) is 12.6 Å². The van der Waals surface area contributed by atoms with Gasteiger partial charge in [0.15, 0.2) is 0 Å². The molecule has 1 aromatic heterocycles. The summed E-state index contributed by atoms with van der Waals surface area (Å²) in [6.45, 7) is 1.89. The number of aromatic nitrogens is 1. The number of hydrogen-bond acceptors (Lipinski definition) is 2. The van der Waals surface area contributed by atoms with Gasteiger partial charge in [-0.05, 0) is 42.2 Å². The Bertz CT molecular complexity index is 874. The van der Waals surface area contributed by atoms with Crippen molar-refractivity contribution in [2.75, 3.05) is 6.61 Å². The van der Waals surface area contributed by atoms with E-state index in [1.165, 1.54) is 0 Å². The van der Waals surface area contributed by atoms with Crippen molar-refractivity contribution in [2.24, 2.45) is 0 Å². The van der Waals surface area contributed by atoms with E-state index >= 15 is 0 Å². The van der Waals surface area contributed by atoms with E-state index in [9.17, 15) is 9.90 Å². The summed E-state index contributed by atoms with van der Waals surface area (Å²) in [5, 5.41) is 14.2. The quantitative estimate of drug-likeness (QED) is 0.630. The summed E-state index contributed by atoms with van der Waals surface area (Å²) in [5.41, 5.74) is 3.42. The SMILES string of the molecule is CCc1c(C(=O)N[C@@H](CO)Cc2ccccc2)[nH]c2ccc(Cl)cc12. The van der Waals surface area contributed by atoms with Gasteiger partial charge < -0.3 is 15.4 Å². The number of fused-ring (bicyclic) bond motifs is 1. The molecule has 1 heterocycles. The first-order chi connectivity index (χ1) is 12.1. The largest absolute Gasteiger partial charge is 0.394 e. The lowest BCUT2D eigenvalue weighted by molar-refractivity contribution is 0.0911. The number of hydrogen-bond donors (Lipinski definition) is 3. The number of H-pyrrole nitrogens is 1. The van der Waals surface area contributed by atoms with Crippen molar-refractivity contribution in [3.8, 4) is 0 Å². The molecule has 0 saturated carbocycles. The number of halogens is 1. The first-order valence-corrected chi connectivity index (χ1v) is 8.76. The summed E-state index contributed by atoms with van der Waals surface area (Å²) >= 11 is 6.09. The molecule has 0 radical (unpaired) electrons. The fourth-order valence-corrected chi connectivity index (χ4v) is 3.27. The van der Waals surface area contributed by atoms with Crippen LogP contribution in [0.1, 0.15) is 28.5 Å². The molecule has 4 nitrogen and oxygen atoms in total. The number of aryl methyl sites for hydroxylation is 1. The third kappa shape index (κ3) is 3.86. The Hall–Kier alpha value is -2.30. The highest BCUT2D eigenvalue weighted by molar-refractivity contribution is 6.31. The number of aliphatic hydroxyl groups is 1. The number of rotatable bonds is 6. The Kier molecular flexibility index (Phi) is 5.41. The number of amides is 1.